The fourth-order valence-electron chi connectivity index (χ4n) is 7.57. The van der Waals surface area contributed by atoms with Crippen molar-refractivity contribution in [2.45, 2.75) is 57.3 Å². The van der Waals surface area contributed by atoms with E-state index in [0.29, 0.717) is 41.3 Å². The highest BCUT2D eigenvalue weighted by Crippen LogP contribution is 2.42. The first-order valence-corrected chi connectivity index (χ1v) is 14.7. The van der Waals surface area contributed by atoms with Crippen LogP contribution in [0.3, 0.4) is 0 Å². The van der Waals surface area contributed by atoms with Crippen LogP contribution in [0.25, 0.3) is 33.5 Å². The van der Waals surface area contributed by atoms with Crippen LogP contribution in [-0.2, 0) is 6.54 Å². The summed E-state index contributed by atoms with van der Waals surface area (Å²) in [4.78, 5) is 21.1. The minimum Gasteiger partial charge on any atom is -0.396 e. The van der Waals surface area contributed by atoms with Crippen LogP contribution < -0.4 is 15.2 Å². The van der Waals surface area contributed by atoms with Gasteiger partial charge in [0.15, 0.2) is 17.9 Å². The number of aromatic amines is 1. The van der Waals surface area contributed by atoms with Crippen LogP contribution in [-0.4, -0.2) is 63.8 Å². The van der Waals surface area contributed by atoms with Crippen molar-refractivity contribution in [2.24, 2.45) is 11.7 Å². The Balaban J connectivity index is 1.38. The maximum atomic E-state index is 15.8. The molecule has 4 atom stereocenters. The van der Waals surface area contributed by atoms with E-state index >= 15 is 4.39 Å². The van der Waals surface area contributed by atoms with Gasteiger partial charge in [-0.15, -0.1) is 6.42 Å². The highest BCUT2D eigenvalue weighted by molar-refractivity contribution is 5.99. The van der Waals surface area contributed by atoms with E-state index in [2.05, 4.69) is 51.6 Å². The Morgan fingerprint density at radius 3 is 2.83 bits per heavy atom. The molecule has 3 aliphatic rings. The first-order chi connectivity index (χ1) is 19.9. The van der Waals surface area contributed by atoms with Gasteiger partial charge in [0.1, 0.15) is 5.69 Å². The number of aliphatic hydroxyl groups excluding tert-OH is 1. The molecule has 0 spiro atoms. The van der Waals surface area contributed by atoms with Crippen LogP contribution in [0.1, 0.15) is 49.0 Å². The molecule has 7 rings (SSSR count). The maximum absolute atomic E-state index is 15.8. The van der Waals surface area contributed by atoms with Crippen molar-refractivity contribution in [3.8, 4) is 23.9 Å². The Bertz CT molecular complexity index is 1720. The number of hydrogen-bond acceptors (Lipinski definition) is 4. The number of aromatic nitrogens is 3. The van der Waals surface area contributed by atoms with Crippen LogP contribution in [0.2, 0.25) is 0 Å². The number of carbonyl (C=O) groups excluding carboxylic acids is 1. The zero-order chi connectivity index (χ0) is 28.4. The number of terminal acetylenes is 1. The number of aliphatic hydroxyl groups is 1. The van der Waals surface area contributed by atoms with Crippen molar-refractivity contribution < 1.29 is 18.9 Å². The van der Waals surface area contributed by atoms with Crippen LogP contribution in [0.5, 0.6) is 0 Å². The van der Waals surface area contributed by atoms with Gasteiger partial charge < -0.3 is 25.2 Å². The highest BCUT2D eigenvalue weighted by atomic mass is 19.1. The molecule has 8 nitrogen and oxygen atoms in total. The summed E-state index contributed by atoms with van der Waals surface area (Å²) in [6, 6.07) is 11.7. The number of benzene rings is 2. The van der Waals surface area contributed by atoms with Gasteiger partial charge in [-0.1, -0.05) is 25.0 Å². The molecule has 1 amide bonds. The molecule has 1 unspecified atom stereocenters. The Morgan fingerprint density at radius 1 is 1.27 bits per heavy atom. The number of nitrogens with zero attached hydrogens (tertiary/aromatic N) is 4. The number of amides is 1. The van der Waals surface area contributed by atoms with Crippen LogP contribution >= 0.6 is 0 Å². The lowest BCUT2D eigenvalue weighted by molar-refractivity contribution is -0.647. The predicted molar refractivity (Wildman–Crippen MR) is 157 cm³/mol. The molecular weight excluding hydrogens is 519 g/mol. The summed E-state index contributed by atoms with van der Waals surface area (Å²) in [7, 11) is 0. The molecule has 1 saturated heterocycles. The number of anilines is 1. The molecular formula is C32H36FN6O2+. The maximum Gasteiger partial charge on any atom is 0.305 e. The second-order valence-corrected chi connectivity index (χ2v) is 11.8. The Labute approximate surface area is 238 Å². The summed E-state index contributed by atoms with van der Waals surface area (Å²) in [5, 5.41) is 10.6. The normalized spacial score (nSPS) is 23.2. The topological polar surface area (TPSA) is 94.4 Å². The zero-order valence-corrected chi connectivity index (χ0v) is 23.3. The van der Waals surface area contributed by atoms with Crippen LogP contribution in [0, 0.1) is 24.1 Å². The third kappa shape index (κ3) is 3.88. The largest absolute Gasteiger partial charge is 0.396 e. The molecule has 2 bridgehead atoms. The van der Waals surface area contributed by atoms with Crippen molar-refractivity contribution in [1.29, 1.82) is 0 Å². The van der Waals surface area contributed by atoms with E-state index < -0.39 is 5.82 Å². The van der Waals surface area contributed by atoms with E-state index in [9.17, 15) is 9.90 Å². The van der Waals surface area contributed by atoms with Crippen molar-refractivity contribution in [3.63, 3.8) is 0 Å². The van der Waals surface area contributed by atoms with Gasteiger partial charge in [-0.25, -0.2) is 13.9 Å². The van der Waals surface area contributed by atoms with Crippen molar-refractivity contribution in [2.75, 3.05) is 31.1 Å². The summed E-state index contributed by atoms with van der Waals surface area (Å²) in [5.41, 5.74) is 10.8. The number of halogens is 1. The quantitative estimate of drug-likeness (QED) is 0.240. The second-order valence-electron chi connectivity index (χ2n) is 11.8. The third-order valence-corrected chi connectivity index (χ3v) is 9.56. The molecule has 2 fully saturated rings. The van der Waals surface area contributed by atoms with Gasteiger partial charge >= 0.3 is 5.82 Å². The third-order valence-electron chi connectivity index (χ3n) is 9.56. The molecule has 1 saturated carbocycles. The number of fused-ring (bicyclic) bond motifs is 3. The minimum atomic E-state index is -0.478. The van der Waals surface area contributed by atoms with Crippen LogP contribution in [0.15, 0.2) is 36.4 Å². The predicted octanol–water partition coefficient (Wildman–Crippen LogP) is 3.56. The number of imidazole rings is 1. The van der Waals surface area contributed by atoms with E-state index in [-0.39, 0.29) is 37.2 Å². The molecule has 41 heavy (non-hydrogen) atoms. The fraction of sp³-hybridized carbons (Fsp3) is 0.438. The number of nitrogens with two attached hydrogens (primary N) is 1. The summed E-state index contributed by atoms with van der Waals surface area (Å²) in [5.74, 6) is 3.12. The van der Waals surface area contributed by atoms with Gasteiger partial charge in [0.05, 0.1) is 17.2 Å². The van der Waals surface area contributed by atoms with Gasteiger partial charge in [-0.05, 0) is 49.8 Å². The zero-order valence-electron chi connectivity index (χ0n) is 23.3. The van der Waals surface area contributed by atoms with Crippen molar-refractivity contribution in [3.05, 3.63) is 47.8 Å². The summed E-state index contributed by atoms with van der Waals surface area (Å²) >= 11 is 0. The van der Waals surface area contributed by atoms with Crippen molar-refractivity contribution in [1.82, 2.24) is 14.5 Å². The number of carbonyl (C=O) groups is 1. The molecule has 0 radical (unpaired) electrons. The van der Waals surface area contributed by atoms with Gasteiger partial charge in [-0.2, -0.15) is 0 Å². The first kappa shape index (κ1) is 26.1. The SMILES string of the molecule is C#CC[n+]1c(-c2cc3cccc4c3n2C(CC)CN4CCCO)[nH]c2c(F)cc(C(=O)N3C[C@H]4CC[C@@H]3[C@@H]4N)cc21. The highest BCUT2D eigenvalue weighted by Gasteiger charge is 2.47. The van der Waals surface area contributed by atoms with Gasteiger partial charge in [0, 0.05) is 55.3 Å². The van der Waals surface area contributed by atoms with Crippen LogP contribution in [0.4, 0.5) is 10.1 Å². The van der Waals surface area contributed by atoms with E-state index in [1.165, 1.54) is 6.07 Å². The molecule has 212 valence electrons. The average molecular weight is 556 g/mol. The second kappa shape index (κ2) is 9.89. The molecule has 4 aromatic rings. The van der Waals surface area contributed by atoms with E-state index in [1.54, 1.807) is 6.07 Å². The van der Waals surface area contributed by atoms with Gasteiger partial charge in [-0.3, -0.25) is 4.79 Å². The smallest absolute Gasteiger partial charge is 0.305 e. The molecule has 2 aromatic carbocycles. The number of nitrogens with one attached hydrogen (secondary N) is 1. The fourth-order valence-corrected chi connectivity index (χ4v) is 7.57. The molecule has 4 N–H and O–H groups in total. The Morgan fingerprint density at radius 2 is 2.12 bits per heavy atom. The van der Waals surface area contributed by atoms with E-state index in [0.717, 1.165) is 54.6 Å². The lowest BCUT2D eigenvalue weighted by atomic mass is 10.1. The summed E-state index contributed by atoms with van der Waals surface area (Å²) in [6.07, 6.45) is 9.40. The number of H-pyrrole nitrogens is 1. The molecule has 1 aliphatic carbocycles. The lowest BCUT2D eigenvalue weighted by Crippen LogP contribution is -2.41. The summed E-state index contributed by atoms with van der Waals surface area (Å²) in [6.45, 7) is 4.77. The number of hydrogen-bond donors (Lipinski definition) is 3. The molecule has 2 aliphatic heterocycles. The minimum absolute atomic E-state index is 0.00536. The Kier molecular flexibility index (Phi) is 6.29. The summed E-state index contributed by atoms with van der Waals surface area (Å²) < 4.78 is 20.0. The van der Waals surface area contributed by atoms with Crippen molar-refractivity contribution >= 4 is 33.5 Å². The van der Waals surface area contributed by atoms with Gasteiger partial charge in [0.2, 0.25) is 5.52 Å². The van der Waals surface area contributed by atoms with E-state index in [4.69, 9.17) is 12.2 Å². The first-order valence-electron chi connectivity index (χ1n) is 14.7. The number of para-hydroxylation sites is 1. The monoisotopic (exact) mass is 555 g/mol. The lowest BCUT2D eigenvalue weighted by Gasteiger charge is -2.36. The molecule has 4 heterocycles. The van der Waals surface area contributed by atoms with E-state index in [1.807, 2.05) is 9.47 Å². The Hall–Kier alpha value is -3.87. The van der Waals surface area contributed by atoms with Gasteiger partial charge in [0.25, 0.3) is 5.91 Å². The molecule has 2 aromatic heterocycles. The standard InChI is InChI=1S/C32H35FN6O2/c1-3-11-37-26-16-21(32(41)38-17-20-9-10-24(38)28(20)34)14-23(33)29(26)35-31(37)27-15-19-7-5-8-25-30(19)39(27)22(4-2)18-36(25)12-6-13-40/h1,5,7-8,14-16,20,22,24,28,40H,4,6,9-13,17-18,34H2,2H3/p+1/t20-,22?,24-,28-/m1/s1. The number of piperidine rings is 1. The number of rotatable bonds is 7. The number of likely N-dealkylation sites (tertiary alicyclic amines) is 1. The molecule has 9 heteroatoms. The average Bonchev–Trinajstić information content (AvgIpc) is 3.73.